The summed E-state index contributed by atoms with van der Waals surface area (Å²) in [5, 5.41) is 3.15. The highest BCUT2D eigenvalue weighted by Crippen LogP contribution is 2.17. The van der Waals surface area contributed by atoms with Crippen molar-refractivity contribution in [2.75, 3.05) is 6.61 Å². The summed E-state index contributed by atoms with van der Waals surface area (Å²) < 4.78 is 10.9. The van der Waals surface area contributed by atoms with E-state index in [1.54, 1.807) is 6.20 Å². The molecule has 4 heteroatoms. The van der Waals surface area contributed by atoms with Gasteiger partial charge in [-0.2, -0.15) is 0 Å². The molecule has 0 bridgehead atoms. The Morgan fingerprint density at radius 3 is 2.53 bits per heavy atom. The zero-order valence-electron chi connectivity index (χ0n) is 10.1. The molecule has 0 radical (unpaired) electrons. The van der Waals surface area contributed by atoms with E-state index in [1.165, 1.54) is 0 Å². The van der Waals surface area contributed by atoms with Crippen molar-refractivity contribution in [2.24, 2.45) is 0 Å². The molecular formula is C13H17NO2S. The fourth-order valence-electron chi connectivity index (χ4n) is 1.11. The summed E-state index contributed by atoms with van der Waals surface area (Å²) >= 11 is 4.99. The molecule has 17 heavy (non-hydrogen) atoms. The predicted molar refractivity (Wildman–Crippen MR) is 73.4 cm³/mol. The van der Waals surface area contributed by atoms with Crippen LogP contribution in [0.1, 0.15) is 20.3 Å². The van der Waals surface area contributed by atoms with Gasteiger partial charge in [-0.1, -0.05) is 13.0 Å². The molecule has 3 nitrogen and oxygen atoms in total. The highest BCUT2D eigenvalue weighted by molar-refractivity contribution is 7.80. The molecule has 1 aromatic rings. The molecule has 0 aliphatic rings. The Balaban J connectivity index is 2.47. The van der Waals surface area contributed by atoms with Gasteiger partial charge in [0.2, 0.25) is 0 Å². The lowest BCUT2D eigenvalue weighted by Crippen LogP contribution is -2.20. The Hall–Kier alpha value is -1.55. The standard InChI is InChI=1S/C13H17NO2S/c1-3-9-14-13(17)16-12-7-5-11(6-8-12)15-10-4-2/h3,5-9H,4,10H2,1-2H3,(H,14,17)/b9-3+. The van der Waals surface area contributed by atoms with Gasteiger partial charge in [0.1, 0.15) is 11.5 Å². The Morgan fingerprint density at radius 1 is 1.29 bits per heavy atom. The Labute approximate surface area is 107 Å². The van der Waals surface area contributed by atoms with Gasteiger partial charge in [0, 0.05) is 6.20 Å². The van der Waals surface area contributed by atoms with Crippen LogP contribution >= 0.6 is 12.2 Å². The lowest BCUT2D eigenvalue weighted by Gasteiger charge is -2.08. The van der Waals surface area contributed by atoms with Crippen molar-refractivity contribution in [2.45, 2.75) is 20.3 Å². The maximum atomic E-state index is 5.46. The zero-order chi connectivity index (χ0) is 12.5. The number of nitrogens with one attached hydrogen (secondary N) is 1. The molecule has 1 N–H and O–H groups in total. The first-order valence-electron chi connectivity index (χ1n) is 5.58. The molecule has 0 amide bonds. The number of ether oxygens (including phenoxy) is 2. The number of allylic oxidation sites excluding steroid dienone is 1. The molecule has 0 aliphatic heterocycles. The predicted octanol–water partition coefficient (Wildman–Crippen LogP) is 3.26. The van der Waals surface area contributed by atoms with Crippen molar-refractivity contribution in [1.82, 2.24) is 5.32 Å². The fraction of sp³-hybridized carbons (Fsp3) is 0.308. The van der Waals surface area contributed by atoms with Crippen LogP contribution in [0.15, 0.2) is 36.5 Å². The Kier molecular flexibility index (Phi) is 6.10. The normalized spacial score (nSPS) is 10.2. The van der Waals surface area contributed by atoms with Crippen LogP contribution < -0.4 is 14.8 Å². The van der Waals surface area contributed by atoms with Crippen molar-refractivity contribution in [3.63, 3.8) is 0 Å². The second kappa shape index (κ2) is 7.68. The van der Waals surface area contributed by atoms with Gasteiger partial charge in [0.15, 0.2) is 0 Å². The summed E-state index contributed by atoms with van der Waals surface area (Å²) in [7, 11) is 0. The smallest absolute Gasteiger partial charge is 0.266 e. The molecular weight excluding hydrogens is 234 g/mol. The number of thiocarbonyl (C=S) groups is 1. The number of rotatable bonds is 5. The van der Waals surface area contributed by atoms with Crippen LogP contribution in [0.2, 0.25) is 0 Å². The van der Waals surface area contributed by atoms with Gasteiger partial charge in [-0.15, -0.1) is 0 Å². The third-order valence-electron chi connectivity index (χ3n) is 1.87. The van der Waals surface area contributed by atoms with Gasteiger partial charge in [0.25, 0.3) is 5.17 Å². The molecule has 0 spiro atoms. The molecule has 92 valence electrons. The van der Waals surface area contributed by atoms with Crippen LogP contribution in [0.4, 0.5) is 0 Å². The van der Waals surface area contributed by atoms with E-state index in [0.29, 0.717) is 10.9 Å². The number of hydrogen-bond donors (Lipinski definition) is 1. The van der Waals surface area contributed by atoms with E-state index >= 15 is 0 Å². The van der Waals surface area contributed by atoms with Crippen LogP contribution in [0.25, 0.3) is 0 Å². The van der Waals surface area contributed by atoms with Gasteiger partial charge in [-0.3, -0.25) is 0 Å². The Morgan fingerprint density at radius 2 is 1.94 bits per heavy atom. The van der Waals surface area contributed by atoms with Crippen molar-refractivity contribution in [1.29, 1.82) is 0 Å². The molecule has 0 aromatic heterocycles. The molecule has 0 aliphatic carbocycles. The molecule has 1 aromatic carbocycles. The minimum absolute atomic E-state index is 0.324. The van der Waals surface area contributed by atoms with Crippen molar-refractivity contribution >= 4 is 17.4 Å². The second-order valence-electron chi connectivity index (χ2n) is 3.35. The first kappa shape index (κ1) is 13.5. The van der Waals surface area contributed by atoms with Gasteiger partial charge in [-0.05, 0) is 49.8 Å². The monoisotopic (exact) mass is 251 g/mol. The van der Waals surface area contributed by atoms with Gasteiger partial charge in [0.05, 0.1) is 6.61 Å². The van der Waals surface area contributed by atoms with E-state index in [0.717, 1.165) is 18.8 Å². The van der Waals surface area contributed by atoms with Gasteiger partial charge < -0.3 is 14.8 Å². The molecule has 0 unspecified atom stereocenters. The largest absolute Gasteiger partial charge is 0.494 e. The summed E-state index contributed by atoms with van der Waals surface area (Å²) in [5.41, 5.74) is 0. The van der Waals surface area contributed by atoms with E-state index in [9.17, 15) is 0 Å². The third kappa shape index (κ3) is 5.36. The fourth-order valence-corrected chi connectivity index (χ4v) is 1.28. The molecule has 0 atom stereocenters. The highest BCUT2D eigenvalue weighted by Gasteiger charge is 1.99. The second-order valence-corrected chi connectivity index (χ2v) is 3.72. The van der Waals surface area contributed by atoms with Gasteiger partial charge in [-0.25, -0.2) is 0 Å². The minimum Gasteiger partial charge on any atom is -0.494 e. The molecule has 0 saturated heterocycles. The van der Waals surface area contributed by atoms with Crippen molar-refractivity contribution in [3.8, 4) is 11.5 Å². The minimum atomic E-state index is 0.324. The lowest BCUT2D eigenvalue weighted by molar-refractivity contribution is 0.317. The number of benzene rings is 1. The molecule has 0 fully saturated rings. The van der Waals surface area contributed by atoms with E-state index in [1.807, 2.05) is 37.3 Å². The summed E-state index contributed by atoms with van der Waals surface area (Å²) in [6, 6.07) is 7.38. The lowest BCUT2D eigenvalue weighted by atomic mass is 10.3. The SMILES string of the molecule is C/C=C/NC(=S)Oc1ccc(OCCC)cc1. The average molecular weight is 251 g/mol. The molecule has 0 heterocycles. The first-order chi connectivity index (χ1) is 8.26. The zero-order valence-corrected chi connectivity index (χ0v) is 10.9. The average Bonchev–Trinajstić information content (AvgIpc) is 2.35. The summed E-state index contributed by atoms with van der Waals surface area (Å²) in [5.74, 6) is 1.53. The molecule has 1 rings (SSSR count). The van der Waals surface area contributed by atoms with E-state index < -0.39 is 0 Å². The Bertz CT molecular complexity index is 374. The van der Waals surface area contributed by atoms with Crippen molar-refractivity contribution < 1.29 is 9.47 Å². The quantitative estimate of drug-likeness (QED) is 0.814. The van der Waals surface area contributed by atoms with Crippen LogP contribution in [-0.2, 0) is 0 Å². The van der Waals surface area contributed by atoms with Crippen molar-refractivity contribution in [3.05, 3.63) is 36.5 Å². The van der Waals surface area contributed by atoms with Crippen LogP contribution in [0, 0.1) is 0 Å². The topological polar surface area (TPSA) is 30.5 Å². The summed E-state index contributed by atoms with van der Waals surface area (Å²) in [4.78, 5) is 0. The third-order valence-corrected chi connectivity index (χ3v) is 2.08. The van der Waals surface area contributed by atoms with E-state index in [-0.39, 0.29) is 0 Å². The first-order valence-corrected chi connectivity index (χ1v) is 5.99. The maximum absolute atomic E-state index is 5.46. The number of hydrogen-bond acceptors (Lipinski definition) is 3. The van der Waals surface area contributed by atoms with Crippen LogP contribution in [0.5, 0.6) is 11.5 Å². The van der Waals surface area contributed by atoms with Gasteiger partial charge >= 0.3 is 0 Å². The van der Waals surface area contributed by atoms with E-state index in [2.05, 4.69) is 12.2 Å². The van der Waals surface area contributed by atoms with Crippen LogP contribution in [0.3, 0.4) is 0 Å². The summed E-state index contributed by atoms with van der Waals surface area (Å²) in [6.45, 7) is 4.69. The molecule has 0 saturated carbocycles. The highest BCUT2D eigenvalue weighted by atomic mass is 32.1. The summed E-state index contributed by atoms with van der Waals surface area (Å²) in [6.07, 6.45) is 4.56. The maximum Gasteiger partial charge on any atom is 0.266 e. The van der Waals surface area contributed by atoms with Crippen LogP contribution in [-0.4, -0.2) is 11.8 Å². The van der Waals surface area contributed by atoms with E-state index in [4.69, 9.17) is 21.7 Å².